The standard InChI is InChI=1S/C21H31N3O4/c1-15(2)19(23-21(26)28-13-16-7-4-3-5-8-16)20(25)22-11-18-12-24-10-6-9-17(24)14-27-18/h3-5,7-8,15,17-19H,6,9-14H2,1-2H3,(H,22,25)(H,23,26)/t17-,18-,19-/m0/s1. The van der Waals surface area contributed by atoms with E-state index in [-0.39, 0.29) is 24.5 Å². The molecule has 0 spiro atoms. The van der Waals surface area contributed by atoms with Gasteiger partial charge >= 0.3 is 6.09 Å². The van der Waals surface area contributed by atoms with E-state index in [0.717, 1.165) is 25.3 Å². The Morgan fingerprint density at radius 3 is 2.82 bits per heavy atom. The molecule has 2 aliphatic rings. The molecule has 3 rings (SSSR count). The van der Waals surface area contributed by atoms with Crippen LogP contribution in [0.2, 0.25) is 0 Å². The number of amides is 2. The highest BCUT2D eigenvalue weighted by Gasteiger charge is 2.33. The molecule has 154 valence electrons. The highest BCUT2D eigenvalue weighted by Crippen LogP contribution is 2.22. The van der Waals surface area contributed by atoms with Crippen molar-refractivity contribution < 1.29 is 19.1 Å². The van der Waals surface area contributed by atoms with Gasteiger partial charge in [0.2, 0.25) is 5.91 Å². The Bertz CT molecular complexity index is 652. The fourth-order valence-corrected chi connectivity index (χ4v) is 3.76. The Labute approximate surface area is 166 Å². The number of morpholine rings is 1. The molecule has 3 atom stereocenters. The molecule has 0 saturated carbocycles. The van der Waals surface area contributed by atoms with Gasteiger partial charge in [0.25, 0.3) is 0 Å². The van der Waals surface area contributed by atoms with E-state index in [1.165, 1.54) is 12.8 Å². The number of ether oxygens (including phenoxy) is 2. The Morgan fingerprint density at radius 1 is 1.29 bits per heavy atom. The van der Waals surface area contributed by atoms with Gasteiger partial charge in [0.05, 0.1) is 12.7 Å². The van der Waals surface area contributed by atoms with Crippen molar-refractivity contribution in [1.29, 1.82) is 0 Å². The summed E-state index contributed by atoms with van der Waals surface area (Å²) in [5, 5.41) is 5.62. The van der Waals surface area contributed by atoms with E-state index >= 15 is 0 Å². The molecule has 2 aliphatic heterocycles. The summed E-state index contributed by atoms with van der Waals surface area (Å²) in [6.45, 7) is 7.11. The second kappa shape index (κ2) is 9.89. The van der Waals surface area contributed by atoms with Crippen LogP contribution in [0.5, 0.6) is 0 Å². The van der Waals surface area contributed by atoms with Crippen molar-refractivity contribution in [2.45, 2.75) is 51.5 Å². The average Bonchev–Trinajstić information content (AvgIpc) is 3.17. The second-order valence-corrected chi connectivity index (χ2v) is 7.92. The van der Waals surface area contributed by atoms with Crippen LogP contribution in [0, 0.1) is 5.92 Å². The summed E-state index contributed by atoms with van der Waals surface area (Å²) in [5.74, 6) is -0.265. The highest BCUT2D eigenvalue weighted by atomic mass is 16.5. The quantitative estimate of drug-likeness (QED) is 0.745. The van der Waals surface area contributed by atoms with Crippen molar-refractivity contribution in [3.63, 3.8) is 0 Å². The van der Waals surface area contributed by atoms with E-state index in [2.05, 4.69) is 15.5 Å². The molecule has 2 N–H and O–H groups in total. The molecule has 2 amide bonds. The first-order valence-electron chi connectivity index (χ1n) is 10.1. The summed E-state index contributed by atoms with van der Waals surface area (Å²) < 4.78 is 11.1. The number of hydrogen-bond donors (Lipinski definition) is 2. The third-order valence-corrected chi connectivity index (χ3v) is 5.40. The first-order valence-corrected chi connectivity index (χ1v) is 10.1. The van der Waals surface area contributed by atoms with Gasteiger partial charge in [-0.25, -0.2) is 4.79 Å². The molecular weight excluding hydrogens is 358 g/mol. The van der Waals surface area contributed by atoms with E-state index in [0.29, 0.717) is 12.6 Å². The smallest absolute Gasteiger partial charge is 0.408 e. The molecule has 0 unspecified atom stereocenters. The van der Waals surface area contributed by atoms with Crippen molar-refractivity contribution in [2.75, 3.05) is 26.2 Å². The summed E-state index contributed by atoms with van der Waals surface area (Å²) in [6.07, 6.45) is 1.82. The summed E-state index contributed by atoms with van der Waals surface area (Å²) in [7, 11) is 0. The molecule has 2 saturated heterocycles. The zero-order chi connectivity index (χ0) is 19.9. The highest BCUT2D eigenvalue weighted by molar-refractivity contribution is 5.85. The maximum Gasteiger partial charge on any atom is 0.408 e. The Balaban J connectivity index is 1.43. The third-order valence-electron chi connectivity index (χ3n) is 5.40. The normalized spacial score (nSPS) is 23.1. The minimum atomic E-state index is -0.647. The zero-order valence-electron chi connectivity index (χ0n) is 16.7. The van der Waals surface area contributed by atoms with Gasteiger partial charge in [-0.2, -0.15) is 0 Å². The topological polar surface area (TPSA) is 79.9 Å². The molecule has 0 radical (unpaired) electrons. The van der Waals surface area contributed by atoms with Crippen LogP contribution in [0.3, 0.4) is 0 Å². The molecule has 2 heterocycles. The lowest BCUT2D eigenvalue weighted by molar-refractivity contribution is -0.125. The number of nitrogens with one attached hydrogen (secondary N) is 2. The first kappa shape index (κ1) is 20.6. The van der Waals surface area contributed by atoms with Gasteiger partial charge < -0.3 is 20.1 Å². The van der Waals surface area contributed by atoms with Crippen molar-refractivity contribution in [3.05, 3.63) is 35.9 Å². The Hall–Kier alpha value is -2.12. The van der Waals surface area contributed by atoms with Gasteiger partial charge in [-0.1, -0.05) is 44.2 Å². The maximum absolute atomic E-state index is 12.6. The van der Waals surface area contributed by atoms with Crippen LogP contribution in [0.25, 0.3) is 0 Å². The summed E-state index contributed by atoms with van der Waals surface area (Å²) in [6, 6.07) is 9.34. The summed E-state index contributed by atoms with van der Waals surface area (Å²) >= 11 is 0. The van der Waals surface area contributed by atoms with Crippen molar-refractivity contribution in [1.82, 2.24) is 15.5 Å². The van der Waals surface area contributed by atoms with E-state index in [4.69, 9.17) is 9.47 Å². The summed E-state index contributed by atoms with van der Waals surface area (Å²) in [4.78, 5) is 27.2. The zero-order valence-corrected chi connectivity index (χ0v) is 16.7. The van der Waals surface area contributed by atoms with Crippen molar-refractivity contribution >= 4 is 12.0 Å². The predicted octanol–water partition coefficient (Wildman–Crippen LogP) is 1.92. The van der Waals surface area contributed by atoms with Crippen LogP contribution in [-0.2, 0) is 20.9 Å². The molecule has 0 aliphatic carbocycles. The monoisotopic (exact) mass is 389 g/mol. The minimum Gasteiger partial charge on any atom is -0.445 e. The molecule has 1 aromatic rings. The molecular formula is C21H31N3O4. The molecule has 7 heteroatoms. The lowest BCUT2D eigenvalue weighted by Gasteiger charge is -2.35. The van der Waals surface area contributed by atoms with Crippen molar-refractivity contribution in [3.8, 4) is 0 Å². The Kier molecular flexibility index (Phi) is 7.28. The number of carbonyl (C=O) groups is 2. The number of fused-ring (bicyclic) bond motifs is 1. The van der Waals surface area contributed by atoms with Gasteiger partial charge in [0.1, 0.15) is 12.6 Å². The number of carbonyl (C=O) groups excluding carboxylic acids is 2. The van der Waals surface area contributed by atoms with Gasteiger partial charge in [-0.3, -0.25) is 9.69 Å². The fraction of sp³-hybridized carbons (Fsp3) is 0.619. The van der Waals surface area contributed by atoms with Gasteiger partial charge in [0, 0.05) is 19.1 Å². The SMILES string of the molecule is CC(C)[C@H](NC(=O)OCc1ccccc1)C(=O)NC[C@H]1CN2CCC[C@H]2CO1. The van der Waals surface area contributed by atoms with E-state index < -0.39 is 12.1 Å². The first-order chi connectivity index (χ1) is 13.5. The largest absolute Gasteiger partial charge is 0.445 e. The molecule has 28 heavy (non-hydrogen) atoms. The lowest BCUT2D eigenvalue weighted by atomic mass is 10.0. The lowest BCUT2D eigenvalue weighted by Crippen LogP contribution is -2.54. The minimum absolute atomic E-state index is 0.00357. The molecule has 1 aromatic carbocycles. The number of benzene rings is 1. The van der Waals surface area contributed by atoms with Gasteiger partial charge in [-0.15, -0.1) is 0 Å². The van der Waals surface area contributed by atoms with Crippen LogP contribution in [-0.4, -0.2) is 61.3 Å². The van der Waals surface area contributed by atoms with Crippen LogP contribution in [0.15, 0.2) is 30.3 Å². The second-order valence-electron chi connectivity index (χ2n) is 7.92. The number of rotatable bonds is 7. The maximum atomic E-state index is 12.6. The summed E-state index contributed by atoms with van der Waals surface area (Å²) in [5.41, 5.74) is 0.901. The van der Waals surface area contributed by atoms with Gasteiger partial charge in [0.15, 0.2) is 0 Å². The van der Waals surface area contributed by atoms with E-state index in [1.807, 2.05) is 44.2 Å². The van der Waals surface area contributed by atoms with Crippen LogP contribution in [0.4, 0.5) is 4.79 Å². The van der Waals surface area contributed by atoms with E-state index in [1.54, 1.807) is 0 Å². The average molecular weight is 389 g/mol. The molecule has 2 fully saturated rings. The molecule has 7 nitrogen and oxygen atoms in total. The van der Waals surface area contributed by atoms with Crippen LogP contribution >= 0.6 is 0 Å². The van der Waals surface area contributed by atoms with Crippen LogP contribution in [0.1, 0.15) is 32.3 Å². The Morgan fingerprint density at radius 2 is 2.07 bits per heavy atom. The number of hydrogen-bond acceptors (Lipinski definition) is 5. The molecule has 0 bridgehead atoms. The van der Waals surface area contributed by atoms with E-state index in [9.17, 15) is 9.59 Å². The number of alkyl carbamates (subject to hydrolysis) is 1. The van der Waals surface area contributed by atoms with Gasteiger partial charge in [-0.05, 0) is 30.9 Å². The van der Waals surface area contributed by atoms with Crippen molar-refractivity contribution in [2.24, 2.45) is 5.92 Å². The number of nitrogens with zero attached hydrogens (tertiary/aromatic N) is 1. The molecule has 0 aromatic heterocycles. The third kappa shape index (κ3) is 5.69. The van der Waals surface area contributed by atoms with Crippen LogP contribution < -0.4 is 10.6 Å². The fourth-order valence-electron chi connectivity index (χ4n) is 3.76. The predicted molar refractivity (Wildman–Crippen MR) is 106 cm³/mol.